The van der Waals surface area contributed by atoms with Crippen molar-refractivity contribution in [2.75, 3.05) is 13.1 Å². The Hall–Kier alpha value is -3.12. The average Bonchev–Trinajstić information content (AvgIpc) is 3.14. The molecule has 0 aliphatic carbocycles. The zero-order chi connectivity index (χ0) is 19.8. The van der Waals surface area contributed by atoms with Crippen LogP contribution in [0.25, 0.3) is 0 Å². The van der Waals surface area contributed by atoms with Crippen LogP contribution in [0.1, 0.15) is 21.7 Å². The van der Waals surface area contributed by atoms with E-state index in [9.17, 15) is 9.59 Å². The molecule has 0 saturated heterocycles. The zero-order valence-electron chi connectivity index (χ0n) is 15.3. The standard InChI is InChI=1S/C21H21ClN4O2/c22-18-9-5-4-8-17(18)21(28)25-14-20(27)24-11-10-19-23-12-13-26(19)15-16-6-2-1-3-7-16/h1-9,12-13H,10-11,14-15H2,(H,24,27)(H,25,28). The average molecular weight is 397 g/mol. The molecule has 7 heteroatoms. The van der Waals surface area contributed by atoms with E-state index in [1.807, 2.05) is 24.4 Å². The first-order valence-electron chi connectivity index (χ1n) is 8.97. The molecule has 2 aromatic carbocycles. The van der Waals surface area contributed by atoms with E-state index in [1.165, 1.54) is 5.56 Å². The lowest BCUT2D eigenvalue weighted by atomic mass is 10.2. The quantitative estimate of drug-likeness (QED) is 0.614. The summed E-state index contributed by atoms with van der Waals surface area (Å²) in [7, 11) is 0. The van der Waals surface area contributed by atoms with Gasteiger partial charge in [0, 0.05) is 31.9 Å². The van der Waals surface area contributed by atoms with Crippen LogP contribution >= 0.6 is 11.6 Å². The molecular weight excluding hydrogens is 376 g/mol. The van der Waals surface area contributed by atoms with Crippen molar-refractivity contribution < 1.29 is 9.59 Å². The fourth-order valence-corrected chi connectivity index (χ4v) is 2.99. The Kier molecular flexibility index (Phi) is 6.81. The van der Waals surface area contributed by atoms with Gasteiger partial charge in [0.1, 0.15) is 5.82 Å². The smallest absolute Gasteiger partial charge is 0.253 e. The minimum absolute atomic E-state index is 0.109. The van der Waals surface area contributed by atoms with Crippen LogP contribution in [0.4, 0.5) is 0 Å². The van der Waals surface area contributed by atoms with Crippen LogP contribution in [0, 0.1) is 0 Å². The number of nitrogens with one attached hydrogen (secondary N) is 2. The third kappa shape index (κ3) is 5.44. The summed E-state index contributed by atoms with van der Waals surface area (Å²) < 4.78 is 2.06. The Bertz CT molecular complexity index is 940. The molecule has 6 nitrogen and oxygen atoms in total. The molecule has 3 rings (SSSR count). The van der Waals surface area contributed by atoms with Crippen LogP contribution in [-0.2, 0) is 17.8 Å². The largest absolute Gasteiger partial charge is 0.354 e. The normalized spacial score (nSPS) is 10.5. The highest BCUT2D eigenvalue weighted by molar-refractivity contribution is 6.33. The molecule has 0 atom stereocenters. The van der Waals surface area contributed by atoms with Gasteiger partial charge in [-0.3, -0.25) is 9.59 Å². The van der Waals surface area contributed by atoms with E-state index in [0.29, 0.717) is 23.6 Å². The SMILES string of the molecule is O=C(CNC(=O)c1ccccc1Cl)NCCc1nccn1Cc1ccccc1. The van der Waals surface area contributed by atoms with Crippen LogP contribution in [0.15, 0.2) is 67.0 Å². The van der Waals surface area contributed by atoms with Crippen molar-refractivity contribution in [1.29, 1.82) is 0 Å². The minimum atomic E-state index is -0.376. The summed E-state index contributed by atoms with van der Waals surface area (Å²) in [6.07, 6.45) is 4.28. The van der Waals surface area contributed by atoms with Crippen molar-refractivity contribution >= 4 is 23.4 Å². The molecule has 0 radical (unpaired) electrons. The Morgan fingerprint density at radius 3 is 2.54 bits per heavy atom. The van der Waals surface area contributed by atoms with E-state index < -0.39 is 0 Å². The van der Waals surface area contributed by atoms with E-state index in [2.05, 4.69) is 32.3 Å². The predicted molar refractivity (Wildman–Crippen MR) is 108 cm³/mol. The van der Waals surface area contributed by atoms with Gasteiger partial charge < -0.3 is 15.2 Å². The summed E-state index contributed by atoms with van der Waals surface area (Å²) in [6.45, 7) is 1.06. The minimum Gasteiger partial charge on any atom is -0.354 e. The number of imidazole rings is 1. The van der Waals surface area contributed by atoms with Gasteiger partial charge in [-0.25, -0.2) is 4.98 Å². The highest BCUT2D eigenvalue weighted by atomic mass is 35.5. The predicted octanol–water partition coefficient (Wildman–Crippen LogP) is 2.67. The maximum Gasteiger partial charge on any atom is 0.253 e. The monoisotopic (exact) mass is 396 g/mol. The van der Waals surface area contributed by atoms with E-state index >= 15 is 0 Å². The van der Waals surface area contributed by atoms with Crippen molar-refractivity contribution in [3.05, 3.63) is 89.0 Å². The lowest BCUT2D eigenvalue weighted by Crippen LogP contribution is -2.38. The maximum atomic E-state index is 12.1. The number of benzene rings is 2. The maximum absolute atomic E-state index is 12.1. The third-order valence-corrected chi connectivity index (χ3v) is 4.53. The van der Waals surface area contributed by atoms with E-state index in [4.69, 9.17) is 11.6 Å². The molecule has 0 unspecified atom stereocenters. The second-order valence-corrected chi connectivity index (χ2v) is 6.63. The Morgan fingerprint density at radius 1 is 1.00 bits per heavy atom. The van der Waals surface area contributed by atoms with Gasteiger partial charge in [0.15, 0.2) is 0 Å². The molecule has 0 bridgehead atoms. The van der Waals surface area contributed by atoms with Crippen molar-refractivity contribution in [1.82, 2.24) is 20.2 Å². The fourth-order valence-electron chi connectivity index (χ4n) is 2.77. The molecule has 1 aromatic heterocycles. The van der Waals surface area contributed by atoms with Gasteiger partial charge in [-0.2, -0.15) is 0 Å². The topological polar surface area (TPSA) is 76.0 Å². The summed E-state index contributed by atoms with van der Waals surface area (Å²) in [5.74, 6) is 0.255. The number of hydrogen-bond acceptors (Lipinski definition) is 3. The number of amides is 2. The Labute approximate surface area is 168 Å². The van der Waals surface area contributed by atoms with Crippen LogP contribution in [0.5, 0.6) is 0 Å². The Morgan fingerprint density at radius 2 is 1.75 bits per heavy atom. The van der Waals surface area contributed by atoms with Gasteiger partial charge in [0.05, 0.1) is 17.1 Å². The summed E-state index contributed by atoms with van der Waals surface area (Å²) in [5, 5.41) is 5.72. The van der Waals surface area contributed by atoms with Gasteiger partial charge >= 0.3 is 0 Å². The molecule has 0 spiro atoms. The number of hydrogen-bond donors (Lipinski definition) is 2. The molecule has 2 N–H and O–H groups in total. The van der Waals surface area contributed by atoms with Gasteiger partial charge in [-0.15, -0.1) is 0 Å². The summed E-state index contributed by atoms with van der Waals surface area (Å²) >= 11 is 5.98. The molecule has 1 heterocycles. The molecule has 0 aliphatic rings. The molecule has 3 aromatic rings. The highest BCUT2D eigenvalue weighted by Gasteiger charge is 2.11. The van der Waals surface area contributed by atoms with Gasteiger partial charge in [-0.05, 0) is 17.7 Å². The van der Waals surface area contributed by atoms with Gasteiger partial charge in [-0.1, -0.05) is 54.1 Å². The summed E-state index contributed by atoms with van der Waals surface area (Å²) in [4.78, 5) is 28.4. The number of carbonyl (C=O) groups excluding carboxylic acids is 2. The summed E-state index contributed by atoms with van der Waals surface area (Å²) in [5.41, 5.74) is 1.54. The lowest BCUT2D eigenvalue weighted by molar-refractivity contribution is -0.120. The summed E-state index contributed by atoms with van der Waals surface area (Å²) in [6, 6.07) is 16.8. The van der Waals surface area contributed by atoms with E-state index in [0.717, 1.165) is 12.4 Å². The van der Waals surface area contributed by atoms with Gasteiger partial charge in [0.2, 0.25) is 5.91 Å². The molecule has 144 valence electrons. The molecule has 28 heavy (non-hydrogen) atoms. The number of halogens is 1. The van der Waals surface area contributed by atoms with Crippen molar-refractivity contribution in [3.63, 3.8) is 0 Å². The second-order valence-electron chi connectivity index (χ2n) is 6.22. The molecule has 0 fully saturated rings. The van der Waals surface area contributed by atoms with Crippen LogP contribution in [0.3, 0.4) is 0 Å². The number of carbonyl (C=O) groups is 2. The van der Waals surface area contributed by atoms with Crippen LogP contribution in [-0.4, -0.2) is 34.5 Å². The van der Waals surface area contributed by atoms with Crippen molar-refractivity contribution in [2.24, 2.45) is 0 Å². The molecule has 2 amide bonds. The fraction of sp³-hybridized carbons (Fsp3) is 0.190. The first-order chi connectivity index (χ1) is 13.6. The number of rotatable bonds is 8. The zero-order valence-corrected chi connectivity index (χ0v) is 16.0. The number of aromatic nitrogens is 2. The molecule has 0 aliphatic heterocycles. The number of nitrogens with zero attached hydrogens (tertiary/aromatic N) is 2. The molecular formula is C21H21ClN4O2. The van der Waals surface area contributed by atoms with Crippen LogP contribution < -0.4 is 10.6 Å². The van der Waals surface area contributed by atoms with Gasteiger partial charge in [0.25, 0.3) is 5.91 Å². The van der Waals surface area contributed by atoms with Crippen molar-refractivity contribution in [3.8, 4) is 0 Å². The first kappa shape index (κ1) is 19.6. The van der Waals surface area contributed by atoms with E-state index in [-0.39, 0.29) is 18.4 Å². The highest BCUT2D eigenvalue weighted by Crippen LogP contribution is 2.14. The second kappa shape index (κ2) is 9.71. The van der Waals surface area contributed by atoms with E-state index in [1.54, 1.807) is 30.5 Å². The lowest BCUT2D eigenvalue weighted by Gasteiger charge is -2.10. The first-order valence-corrected chi connectivity index (χ1v) is 9.34. The molecule has 0 saturated carbocycles. The van der Waals surface area contributed by atoms with Crippen molar-refractivity contribution in [2.45, 2.75) is 13.0 Å². The van der Waals surface area contributed by atoms with Crippen LogP contribution in [0.2, 0.25) is 5.02 Å². The third-order valence-electron chi connectivity index (χ3n) is 4.20. The Balaban J connectivity index is 1.43.